The molecule has 0 aromatic heterocycles. The number of rotatable bonds is 2. The highest BCUT2D eigenvalue weighted by Crippen LogP contribution is 2.30. The Hall–Kier alpha value is -1.06. The van der Waals surface area contributed by atoms with E-state index in [1.54, 1.807) is 0 Å². The number of carbonyl (C=O) groups is 1. The highest BCUT2D eigenvalue weighted by Gasteiger charge is 2.25. The summed E-state index contributed by atoms with van der Waals surface area (Å²) < 4.78 is 0. The van der Waals surface area contributed by atoms with Crippen molar-refractivity contribution >= 4 is 11.8 Å². The number of hydrogen-bond donors (Lipinski definition) is 1. The Morgan fingerprint density at radius 2 is 2.27 bits per heavy atom. The Morgan fingerprint density at radius 1 is 1.64 bits per heavy atom. The van der Waals surface area contributed by atoms with E-state index in [1.807, 2.05) is 6.92 Å². The molecule has 11 heavy (non-hydrogen) atoms. The van der Waals surface area contributed by atoms with E-state index in [0.717, 1.165) is 5.71 Å². The van der Waals surface area contributed by atoms with Gasteiger partial charge in [0.05, 0.1) is 5.71 Å². The van der Waals surface area contributed by atoms with Crippen LogP contribution in [0.5, 0.6) is 0 Å². The fourth-order valence-corrected chi connectivity index (χ4v) is 0.735. The summed E-state index contributed by atoms with van der Waals surface area (Å²) in [7, 11) is 1.50. The minimum atomic E-state index is -0.509. The van der Waals surface area contributed by atoms with E-state index >= 15 is 0 Å². The molecule has 0 heterocycles. The van der Waals surface area contributed by atoms with Crippen molar-refractivity contribution in [2.24, 2.45) is 11.1 Å². The molecule has 0 aromatic rings. The van der Waals surface area contributed by atoms with Gasteiger partial charge in [0.15, 0.2) is 0 Å². The lowest BCUT2D eigenvalue weighted by Crippen LogP contribution is -2.17. The zero-order valence-corrected chi connectivity index (χ0v) is 6.76. The number of carbonyl (C=O) groups excluding carboxylic acids is 1. The molecule has 1 amide bonds. The van der Waals surface area contributed by atoms with Gasteiger partial charge in [-0.1, -0.05) is 5.16 Å². The molecule has 62 valence electrons. The summed E-state index contributed by atoms with van der Waals surface area (Å²) in [5.74, 6) is 0.555. The molecule has 0 bridgehead atoms. The van der Waals surface area contributed by atoms with Crippen LogP contribution in [0.15, 0.2) is 5.16 Å². The number of nitrogens with zero attached hydrogens (tertiary/aromatic N) is 1. The molecule has 1 aliphatic carbocycles. The second-order valence-electron chi connectivity index (χ2n) is 2.64. The van der Waals surface area contributed by atoms with E-state index < -0.39 is 6.09 Å². The van der Waals surface area contributed by atoms with Gasteiger partial charge in [-0.25, -0.2) is 4.79 Å². The van der Waals surface area contributed by atoms with Crippen molar-refractivity contribution < 1.29 is 9.63 Å². The molecule has 0 unspecified atom stereocenters. The normalized spacial score (nSPS) is 17.8. The minimum Gasteiger partial charge on any atom is -0.323 e. The lowest BCUT2D eigenvalue weighted by molar-refractivity contribution is 0.152. The van der Waals surface area contributed by atoms with Crippen LogP contribution in [0.2, 0.25) is 0 Å². The van der Waals surface area contributed by atoms with Crippen molar-refractivity contribution in [1.82, 2.24) is 5.32 Å². The largest absolute Gasteiger partial charge is 0.433 e. The van der Waals surface area contributed by atoms with Crippen LogP contribution in [0.4, 0.5) is 4.79 Å². The van der Waals surface area contributed by atoms with Gasteiger partial charge in [0.25, 0.3) is 0 Å². The van der Waals surface area contributed by atoms with Crippen LogP contribution in [0.1, 0.15) is 19.8 Å². The zero-order valence-electron chi connectivity index (χ0n) is 6.76. The van der Waals surface area contributed by atoms with Gasteiger partial charge in [-0.3, -0.25) is 4.84 Å². The smallest absolute Gasteiger partial charge is 0.323 e. The van der Waals surface area contributed by atoms with Crippen LogP contribution < -0.4 is 5.32 Å². The summed E-state index contributed by atoms with van der Waals surface area (Å²) in [5.41, 5.74) is 0.911. The Kier molecular flexibility index (Phi) is 2.46. The second kappa shape index (κ2) is 3.37. The summed E-state index contributed by atoms with van der Waals surface area (Å²) in [6.07, 6.45) is 1.84. The van der Waals surface area contributed by atoms with Crippen molar-refractivity contribution in [3.05, 3.63) is 0 Å². The quantitative estimate of drug-likeness (QED) is 0.370. The molecule has 4 heteroatoms. The Balaban J connectivity index is 2.27. The van der Waals surface area contributed by atoms with Gasteiger partial charge < -0.3 is 5.32 Å². The maximum atomic E-state index is 10.5. The molecule has 4 nitrogen and oxygen atoms in total. The summed E-state index contributed by atoms with van der Waals surface area (Å²) in [5, 5.41) is 5.97. The standard InChI is InChI=1S/C7H12N2O2/c1-5(6-3-4-6)9-11-7(10)8-2/h6H,3-4H2,1-2H3,(H,8,10)/b9-5+. The maximum Gasteiger partial charge on any atom is 0.433 e. The first kappa shape index (κ1) is 8.04. The Bertz CT molecular complexity index is 185. The molecule has 0 atom stereocenters. The van der Waals surface area contributed by atoms with Gasteiger partial charge in [-0.05, 0) is 19.8 Å². The third-order valence-electron chi connectivity index (χ3n) is 1.64. The zero-order chi connectivity index (χ0) is 8.27. The summed E-state index contributed by atoms with van der Waals surface area (Å²) in [6.45, 7) is 1.88. The van der Waals surface area contributed by atoms with Crippen molar-refractivity contribution in [1.29, 1.82) is 0 Å². The van der Waals surface area contributed by atoms with Gasteiger partial charge >= 0.3 is 6.09 Å². The number of hydrogen-bond acceptors (Lipinski definition) is 3. The van der Waals surface area contributed by atoms with E-state index in [0.29, 0.717) is 5.92 Å². The molecule has 1 aliphatic rings. The summed E-state index contributed by atoms with van der Waals surface area (Å²) in [6, 6.07) is 0. The predicted octanol–water partition coefficient (Wildman–Crippen LogP) is 1.13. The lowest BCUT2D eigenvalue weighted by atomic mass is 10.3. The molecule has 0 aromatic carbocycles. The predicted molar refractivity (Wildman–Crippen MR) is 41.4 cm³/mol. The van der Waals surface area contributed by atoms with Crippen LogP contribution in [-0.2, 0) is 4.84 Å². The van der Waals surface area contributed by atoms with Gasteiger partial charge in [0.1, 0.15) is 0 Å². The first-order chi connectivity index (χ1) is 5.24. The SMILES string of the molecule is CNC(=O)O/N=C(\C)C1CC1. The molecular formula is C7H12N2O2. The van der Waals surface area contributed by atoms with Gasteiger partial charge in [-0.2, -0.15) is 0 Å². The minimum absolute atomic E-state index is 0.509. The first-order valence-electron chi connectivity index (χ1n) is 3.67. The van der Waals surface area contributed by atoms with Gasteiger partial charge in [0, 0.05) is 13.0 Å². The van der Waals surface area contributed by atoms with E-state index in [9.17, 15) is 4.79 Å². The molecule has 0 aliphatic heterocycles. The third kappa shape index (κ3) is 2.57. The van der Waals surface area contributed by atoms with E-state index in [2.05, 4.69) is 15.3 Å². The Morgan fingerprint density at radius 3 is 2.73 bits per heavy atom. The van der Waals surface area contributed by atoms with Crippen LogP contribution in [0, 0.1) is 5.92 Å². The molecule has 0 radical (unpaired) electrons. The molecule has 1 fully saturated rings. The van der Waals surface area contributed by atoms with Crippen LogP contribution in [0.25, 0.3) is 0 Å². The Labute approximate surface area is 65.6 Å². The molecule has 0 saturated heterocycles. The average Bonchev–Trinajstić information content (AvgIpc) is 2.81. The van der Waals surface area contributed by atoms with Crippen LogP contribution in [0.3, 0.4) is 0 Å². The van der Waals surface area contributed by atoms with Crippen molar-refractivity contribution in [3.63, 3.8) is 0 Å². The highest BCUT2D eigenvalue weighted by molar-refractivity contribution is 5.86. The molecule has 0 spiro atoms. The molecule has 1 saturated carbocycles. The fourth-order valence-electron chi connectivity index (χ4n) is 0.735. The lowest BCUT2D eigenvalue weighted by Gasteiger charge is -1.96. The highest BCUT2D eigenvalue weighted by atomic mass is 16.7. The maximum absolute atomic E-state index is 10.5. The molecular weight excluding hydrogens is 144 g/mol. The average molecular weight is 156 g/mol. The monoisotopic (exact) mass is 156 g/mol. The molecule has 1 rings (SSSR count). The van der Waals surface area contributed by atoms with E-state index in [4.69, 9.17) is 0 Å². The van der Waals surface area contributed by atoms with Crippen LogP contribution in [-0.4, -0.2) is 18.9 Å². The van der Waals surface area contributed by atoms with E-state index in [-0.39, 0.29) is 0 Å². The fraction of sp³-hybridized carbons (Fsp3) is 0.714. The summed E-state index contributed by atoms with van der Waals surface area (Å²) in [4.78, 5) is 15.0. The third-order valence-corrected chi connectivity index (χ3v) is 1.64. The van der Waals surface area contributed by atoms with Crippen molar-refractivity contribution in [3.8, 4) is 0 Å². The van der Waals surface area contributed by atoms with Crippen LogP contribution >= 0.6 is 0 Å². The summed E-state index contributed by atoms with van der Waals surface area (Å²) >= 11 is 0. The number of oxime groups is 1. The number of amides is 1. The van der Waals surface area contributed by atoms with Crippen molar-refractivity contribution in [2.45, 2.75) is 19.8 Å². The van der Waals surface area contributed by atoms with Gasteiger partial charge in [-0.15, -0.1) is 0 Å². The number of nitrogens with one attached hydrogen (secondary N) is 1. The van der Waals surface area contributed by atoms with Crippen molar-refractivity contribution in [2.75, 3.05) is 7.05 Å². The van der Waals surface area contributed by atoms with Gasteiger partial charge in [0.2, 0.25) is 0 Å². The van der Waals surface area contributed by atoms with E-state index in [1.165, 1.54) is 19.9 Å². The first-order valence-corrected chi connectivity index (χ1v) is 3.67. The topological polar surface area (TPSA) is 50.7 Å². The second-order valence-corrected chi connectivity index (χ2v) is 2.64. The molecule has 1 N–H and O–H groups in total.